The highest BCUT2D eigenvalue weighted by molar-refractivity contribution is 7.09. The minimum absolute atomic E-state index is 0.188. The summed E-state index contributed by atoms with van der Waals surface area (Å²) >= 11 is 1.68. The Bertz CT molecular complexity index is 358. The van der Waals surface area contributed by atoms with Gasteiger partial charge >= 0.3 is 5.97 Å². The van der Waals surface area contributed by atoms with E-state index >= 15 is 0 Å². The van der Waals surface area contributed by atoms with E-state index in [-0.39, 0.29) is 11.8 Å². The lowest BCUT2D eigenvalue weighted by molar-refractivity contribution is -0.139. The zero-order chi connectivity index (χ0) is 12.2. The molecule has 90 valence electrons. The number of thiazole rings is 1. The molecule has 3 nitrogen and oxygen atoms in total. The fourth-order valence-corrected chi connectivity index (χ4v) is 2.62. The molecule has 0 aliphatic rings. The summed E-state index contributed by atoms with van der Waals surface area (Å²) in [5, 5.41) is 12.0. The van der Waals surface area contributed by atoms with Crippen LogP contribution in [-0.2, 0) is 17.6 Å². The van der Waals surface area contributed by atoms with Crippen LogP contribution in [0.5, 0.6) is 0 Å². The van der Waals surface area contributed by atoms with E-state index in [9.17, 15) is 4.79 Å². The maximum absolute atomic E-state index is 10.7. The molecule has 1 aromatic heterocycles. The normalized spacial score (nSPS) is 11.7. The van der Waals surface area contributed by atoms with Crippen LogP contribution in [0.1, 0.15) is 44.3 Å². The molecule has 0 spiro atoms. The van der Waals surface area contributed by atoms with E-state index in [4.69, 9.17) is 5.11 Å². The minimum atomic E-state index is -0.742. The van der Waals surface area contributed by atoms with Gasteiger partial charge < -0.3 is 5.11 Å². The van der Waals surface area contributed by atoms with Crippen molar-refractivity contribution < 1.29 is 9.90 Å². The summed E-state index contributed by atoms with van der Waals surface area (Å²) in [6.45, 7) is 6.08. The van der Waals surface area contributed by atoms with E-state index in [1.54, 1.807) is 11.3 Å². The Labute approximate surface area is 101 Å². The van der Waals surface area contributed by atoms with Gasteiger partial charge in [-0.15, -0.1) is 11.3 Å². The molecular weight excluding hydrogens is 222 g/mol. The molecule has 4 heteroatoms. The molecule has 1 N–H and O–H groups in total. The van der Waals surface area contributed by atoms with Crippen LogP contribution in [0.3, 0.4) is 0 Å². The zero-order valence-corrected chi connectivity index (χ0v) is 10.9. The maximum Gasteiger partial charge on any atom is 0.303 e. The first-order valence-electron chi connectivity index (χ1n) is 5.58. The van der Waals surface area contributed by atoms with E-state index in [0.717, 1.165) is 30.0 Å². The van der Waals surface area contributed by atoms with Crippen LogP contribution < -0.4 is 0 Å². The second kappa shape index (κ2) is 5.43. The summed E-state index contributed by atoms with van der Waals surface area (Å²) in [6, 6.07) is 0. The molecule has 0 bridgehead atoms. The van der Waals surface area contributed by atoms with Gasteiger partial charge in [0.2, 0.25) is 0 Å². The molecule has 0 amide bonds. The van der Waals surface area contributed by atoms with Crippen LogP contribution in [0.25, 0.3) is 0 Å². The van der Waals surface area contributed by atoms with Crippen molar-refractivity contribution in [2.75, 3.05) is 0 Å². The summed E-state index contributed by atoms with van der Waals surface area (Å²) in [5.74, 6) is -0.742. The third-order valence-corrected chi connectivity index (χ3v) is 3.31. The van der Waals surface area contributed by atoms with Gasteiger partial charge in [-0.2, -0.15) is 0 Å². The van der Waals surface area contributed by atoms with E-state index in [1.807, 2.05) is 13.8 Å². The van der Waals surface area contributed by atoms with Crippen LogP contribution in [0, 0.1) is 5.41 Å². The molecule has 0 saturated heterocycles. The lowest BCUT2D eigenvalue weighted by atomic mass is 9.85. The van der Waals surface area contributed by atoms with Gasteiger partial charge in [0.15, 0.2) is 0 Å². The second-order valence-corrected chi connectivity index (χ2v) is 5.84. The first-order valence-corrected chi connectivity index (χ1v) is 6.46. The number of aromatic nitrogens is 1. The van der Waals surface area contributed by atoms with Crippen LogP contribution in [0.2, 0.25) is 0 Å². The van der Waals surface area contributed by atoms with Crippen molar-refractivity contribution in [1.82, 2.24) is 4.98 Å². The van der Waals surface area contributed by atoms with Crippen molar-refractivity contribution in [3.05, 3.63) is 16.1 Å². The summed E-state index contributed by atoms with van der Waals surface area (Å²) in [6.07, 6.45) is 3.04. The highest BCUT2D eigenvalue weighted by atomic mass is 32.1. The van der Waals surface area contributed by atoms with Crippen molar-refractivity contribution in [2.45, 2.75) is 46.5 Å². The van der Waals surface area contributed by atoms with Gasteiger partial charge in [-0.1, -0.05) is 20.8 Å². The van der Waals surface area contributed by atoms with E-state index < -0.39 is 5.97 Å². The summed E-state index contributed by atoms with van der Waals surface area (Å²) in [4.78, 5) is 15.2. The van der Waals surface area contributed by atoms with Gasteiger partial charge in [-0.05, 0) is 24.7 Å². The number of carbonyl (C=O) groups is 1. The largest absolute Gasteiger partial charge is 0.481 e. The zero-order valence-electron chi connectivity index (χ0n) is 10.1. The van der Waals surface area contributed by atoms with Gasteiger partial charge in [-0.25, -0.2) is 4.98 Å². The molecule has 1 aromatic rings. The third kappa shape index (κ3) is 4.31. The number of aliphatic carboxylic acids is 1. The lowest BCUT2D eigenvalue weighted by Crippen LogP contribution is -2.19. The first kappa shape index (κ1) is 13.2. The molecule has 0 unspecified atom stereocenters. The Morgan fingerprint density at radius 1 is 1.56 bits per heavy atom. The van der Waals surface area contributed by atoms with Crippen LogP contribution in [0.4, 0.5) is 0 Å². The van der Waals surface area contributed by atoms with Gasteiger partial charge in [0, 0.05) is 5.38 Å². The molecule has 0 atom stereocenters. The van der Waals surface area contributed by atoms with Crippen molar-refractivity contribution in [1.29, 1.82) is 0 Å². The van der Waals surface area contributed by atoms with Gasteiger partial charge in [0.1, 0.15) is 0 Å². The Hall–Kier alpha value is -0.900. The highest BCUT2D eigenvalue weighted by Gasteiger charge is 2.23. The fraction of sp³-hybridized carbons (Fsp3) is 0.667. The van der Waals surface area contributed by atoms with Gasteiger partial charge in [0.05, 0.1) is 17.1 Å². The molecule has 0 aliphatic carbocycles. The predicted octanol–water partition coefficient (Wildman–Crippen LogP) is 3.14. The Morgan fingerprint density at radius 3 is 2.81 bits per heavy atom. The molecule has 0 radical (unpaired) electrons. The third-order valence-electron chi connectivity index (χ3n) is 2.35. The van der Waals surface area contributed by atoms with Crippen LogP contribution >= 0.6 is 11.3 Å². The molecule has 16 heavy (non-hydrogen) atoms. The fourth-order valence-electron chi connectivity index (χ4n) is 1.72. The Kier molecular flexibility index (Phi) is 4.47. The number of aryl methyl sites for hydroxylation is 1. The highest BCUT2D eigenvalue weighted by Crippen LogP contribution is 2.26. The Balaban J connectivity index is 2.61. The molecular formula is C12H19NO2S. The molecule has 0 aromatic carbocycles. The molecule has 0 fully saturated rings. The average Bonchev–Trinajstić information content (AvgIpc) is 2.49. The van der Waals surface area contributed by atoms with E-state index in [1.165, 1.54) is 0 Å². The van der Waals surface area contributed by atoms with Crippen molar-refractivity contribution in [3.63, 3.8) is 0 Å². The van der Waals surface area contributed by atoms with Crippen molar-refractivity contribution >= 4 is 17.3 Å². The Morgan fingerprint density at radius 2 is 2.25 bits per heavy atom. The minimum Gasteiger partial charge on any atom is -0.481 e. The molecule has 1 heterocycles. The van der Waals surface area contributed by atoms with Crippen LogP contribution in [-0.4, -0.2) is 16.1 Å². The topological polar surface area (TPSA) is 50.2 Å². The summed E-state index contributed by atoms with van der Waals surface area (Å²) < 4.78 is 0. The van der Waals surface area contributed by atoms with E-state index in [2.05, 4.69) is 17.3 Å². The number of carboxylic acids is 1. The SMILES string of the molecule is CCCc1nc(CC(C)(C)CC(=O)O)cs1. The molecule has 1 rings (SSSR count). The van der Waals surface area contributed by atoms with Crippen molar-refractivity contribution in [3.8, 4) is 0 Å². The summed E-state index contributed by atoms with van der Waals surface area (Å²) in [5.41, 5.74) is 0.809. The number of nitrogens with zero attached hydrogens (tertiary/aromatic N) is 1. The number of rotatable bonds is 6. The first-order chi connectivity index (χ1) is 7.43. The standard InChI is InChI=1S/C12H19NO2S/c1-4-5-10-13-9(8-16-10)6-12(2,3)7-11(14)15/h8H,4-7H2,1-3H3,(H,14,15). The second-order valence-electron chi connectivity index (χ2n) is 4.89. The molecule has 0 saturated carbocycles. The van der Waals surface area contributed by atoms with Gasteiger partial charge in [-0.3, -0.25) is 4.79 Å². The quantitative estimate of drug-likeness (QED) is 0.832. The summed E-state index contributed by atoms with van der Waals surface area (Å²) in [7, 11) is 0. The van der Waals surface area contributed by atoms with Crippen LogP contribution in [0.15, 0.2) is 5.38 Å². The lowest BCUT2D eigenvalue weighted by Gasteiger charge is -2.20. The maximum atomic E-state index is 10.7. The van der Waals surface area contributed by atoms with Gasteiger partial charge in [0.25, 0.3) is 0 Å². The number of carboxylic acid groups (broad SMARTS) is 1. The predicted molar refractivity (Wildman–Crippen MR) is 65.8 cm³/mol. The van der Waals surface area contributed by atoms with Crippen molar-refractivity contribution in [2.24, 2.45) is 5.41 Å². The monoisotopic (exact) mass is 241 g/mol. The smallest absolute Gasteiger partial charge is 0.303 e. The average molecular weight is 241 g/mol. The number of hydrogen-bond donors (Lipinski definition) is 1. The number of hydrogen-bond acceptors (Lipinski definition) is 3. The van der Waals surface area contributed by atoms with E-state index in [0.29, 0.717) is 0 Å². The molecule has 0 aliphatic heterocycles.